The fourth-order valence-corrected chi connectivity index (χ4v) is 3.23. The number of hydrogen-bond donors (Lipinski definition) is 3. The van der Waals surface area contributed by atoms with Gasteiger partial charge in [-0.25, -0.2) is 0 Å². The smallest absolute Gasteiger partial charge is 0.201 e. The van der Waals surface area contributed by atoms with Crippen molar-refractivity contribution < 1.29 is 5.11 Å². The van der Waals surface area contributed by atoms with Gasteiger partial charge in [0, 0.05) is 36.2 Å². The van der Waals surface area contributed by atoms with Crippen LogP contribution in [-0.4, -0.2) is 41.1 Å². The maximum atomic E-state index is 10.8. The van der Waals surface area contributed by atoms with Crippen molar-refractivity contribution in [1.29, 1.82) is 0 Å². The van der Waals surface area contributed by atoms with Crippen LogP contribution >= 0.6 is 0 Å². The Morgan fingerprint density at radius 1 is 1.26 bits per heavy atom. The molecule has 0 aliphatic carbocycles. The summed E-state index contributed by atoms with van der Waals surface area (Å²) in [7, 11) is 0. The Hall–Kier alpha value is -2.01. The number of aromatic hydroxyl groups is 1. The summed E-state index contributed by atoms with van der Waals surface area (Å²) >= 11 is 0. The Morgan fingerprint density at radius 2 is 2.04 bits per heavy atom. The third kappa shape index (κ3) is 2.93. The molecule has 0 amide bonds. The quantitative estimate of drug-likeness (QED) is 0.812. The first kappa shape index (κ1) is 15.9. The molecule has 5 heteroatoms. The first-order valence-electron chi connectivity index (χ1n) is 8.37. The van der Waals surface area contributed by atoms with Crippen LogP contribution in [0.3, 0.4) is 0 Å². The van der Waals surface area contributed by atoms with Crippen LogP contribution in [0.4, 0.5) is 5.69 Å². The van der Waals surface area contributed by atoms with Crippen LogP contribution in [0.1, 0.15) is 39.3 Å². The predicted octanol–water partition coefficient (Wildman–Crippen LogP) is 3.14. The molecule has 1 aliphatic rings. The fraction of sp³-hybridized carbons (Fsp3) is 0.500. The number of hydrogen-bond acceptors (Lipinski definition) is 4. The topological polar surface area (TPSA) is 61.6 Å². The van der Waals surface area contributed by atoms with Gasteiger partial charge in [0.05, 0.1) is 23.3 Å². The second-order valence-corrected chi connectivity index (χ2v) is 6.70. The van der Waals surface area contributed by atoms with E-state index in [1.807, 2.05) is 4.57 Å². The van der Waals surface area contributed by atoms with Gasteiger partial charge >= 0.3 is 0 Å². The van der Waals surface area contributed by atoms with Crippen molar-refractivity contribution >= 4 is 22.3 Å². The largest absolute Gasteiger partial charge is 0.494 e. The van der Waals surface area contributed by atoms with Crippen LogP contribution in [0.15, 0.2) is 23.2 Å². The van der Waals surface area contributed by atoms with Crippen molar-refractivity contribution in [3.8, 4) is 5.88 Å². The van der Waals surface area contributed by atoms with E-state index in [2.05, 4.69) is 61.5 Å². The first-order chi connectivity index (χ1) is 11.0. The number of rotatable bonds is 4. The summed E-state index contributed by atoms with van der Waals surface area (Å²) in [5, 5.41) is 18.7. The number of nitrogens with one attached hydrogen (secondary N) is 2. The third-order valence-corrected chi connectivity index (χ3v) is 4.12. The van der Waals surface area contributed by atoms with E-state index in [-0.39, 0.29) is 6.04 Å². The molecular weight excluding hydrogens is 288 g/mol. The number of aromatic nitrogens is 1. The lowest BCUT2D eigenvalue weighted by atomic mass is 10.1. The molecule has 124 valence electrons. The molecule has 2 heterocycles. The Bertz CT molecular complexity index is 743. The second kappa shape index (κ2) is 6.24. The zero-order valence-electron chi connectivity index (χ0n) is 14.3. The highest BCUT2D eigenvalue weighted by atomic mass is 16.3. The summed E-state index contributed by atoms with van der Waals surface area (Å²) in [6, 6.07) is 6.84. The minimum Gasteiger partial charge on any atom is -0.494 e. The van der Waals surface area contributed by atoms with Gasteiger partial charge in [0.2, 0.25) is 5.88 Å². The highest BCUT2D eigenvalue weighted by molar-refractivity contribution is 6.15. The van der Waals surface area contributed by atoms with Gasteiger partial charge in [-0.1, -0.05) is 0 Å². The van der Waals surface area contributed by atoms with E-state index in [0.29, 0.717) is 18.5 Å². The fourth-order valence-electron chi connectivity index (χ4n) is 3.23. The highest BCUT2D eigenvalue weighted by Gasteiger charge is 2.23. The third-order valence-electron chi connectivity index (χ3n) is 4.12. The minimum atomic E-state index is 0.187. The second-order valence-electron chi connectivity index (χ2n) is 6.70. The van der Waals surface area contributed by atoms with Crippen LogP contribution < -0.4 is 10.6 Å². The Labute approximate surface area is 137 Å². The molecule has 23 heavy (non-hydrogen) atoms. The van der Waals surface area contributed by atoms with Gasteiger partial charge < -0.3 is 20.3 Å². The van der Waals surface area contributed by atoms with E-state index in [1.54, 1.807) is 0 Å². The molecule has 1 aromatic heterocycles. The van der Waals surface area contributed by atoms with Gasteiger partial charge in [-0.2, -0.15) is 0 Å². The monoisotopic (exact) mass is 314 g/mol. The molecule has 1 aromatic carbocycles. The van der Waals surface area contributed by atoms with E-state index in [1.165, 1.54) is 0 Å². The lowest BCUT2D eigenvalue weighted by Gasteiger charge is -2.14. The van der Waals surface area contributed by atoms with Gasteiger partial charge in [-0.3, -0.25) is 4.99 Å². The van der Waals surface area contributed by atoms with Crippen molar-refractivity contribution in [3.05, 3.63) is 23.8 Å². The van der Waals surface area contributed by atoms with Crippen LogP contribution in [0.5, 0.6) is 5.88 Å². The zero-order chi connectivity index (χ0) is 16.6. The van der Waals surface area contributed by atoms with Gasteiger partial charge in [0.1, 0.15) is 0 Å². The predicted molar refractivity (Wildman–Crippen MR) is 97.0 cm³/mol. The minimum absolute atomic E-state index is 0.187. The number of aliphatic imine (C=N–C) groups is 1. The summed E-state index contributed by atoms with van der Waals surface area (Å²) in [5.41, 5.74) is 3.93. The van der Waals surface area contributed by atoms with E-state index in [9.17, 15) is 5.11 Å². The Morgan fingerprint density at radius 3 is 2.65 bits per heavy atom. The Balaban J connectivity index is 2.22. The molecule has 3 rings (SSSR count). The van der Waals surface area contributed by atoms with Crippen LogP contribution in [0.25, 0.3) is 10.9 Å². The maximum Gasteiger partial charge on any atom is 0.201 e. The lowest BCUT2D eigenvalue weighted by Crippen LogP contribution is -2.31. The molecule has 5 nitrogen and oxygen atoms in total. The highest BCUT2D eigenvalue weighted by Crippen LogP contribution is 2.36. The molecule has 0 unspecified atom stereocenters. The van der Waals surface area contributed by atoms with E-state index >= 15 is 0 Å². The normalized spacial score (nSPS) is 15.5. The average Bonchev–Trinajstić information content (AvgIpc) is 2.79. The summed E-state index contributed by atoms with van der Waals surface area (Å²) in [6.07, 6.45) is 0. The van der Waals surface area contributed by atoms with E-state index < -0.39 is 0 Å². The van der Waals surface area contributed by atoms with E-state index in [4.69, 9.17) is 0 Å². The summed E-state index contributed by atoms with van der Waals surface area (Å²) in [6.45, 7) is 10.8. The summed E-state index contributed by atoms with van der Waals surface area (Å²) in [4.78, 5) is 4.63. The average molecular weight is 314 g/mol. The summed E-state index contributed by atoms with van der Waals surface area (Å²) < 4.78 is 1.99. The van der Waals surface area contributed by atoms with Gasteiger partial charge in [0.15, 0.2) is 0 Å². The molecule has 0 fully saturated rings. The molecule has 0 bridgehead atoms. The van der Waals surface area contributed by atoms with E-state index in [0.717, 1.165) is 41.0 Å². The Kier molecular flexibility index (Phi) is 4.31. The number of nitrogens with zero attached hydrogens (tertiary/aromatic N) is 2. The molecule has 0 spiro atoms. The zero-order valence-corrected chi connectivity index (χ0v) is 14.3. The molecule has 1 aliphatic heterocycles. The van der Waals surface area contributed by atoms with Crippen molar-refractivity contribution in [2.45, 2.75) is 39.8 Å². The maximum absolute atomic E-state index is 10.8. The first-order valence-corrected chi connectivity index (χ1v) is 8.37. The molecule has 3 N–H and O–H groups in total. The SMILES string of the molecule is CC(C)Nc1ccc2c(c1)c(C1=NCCNC1)c(O)n2C(C)C. The van der Waals surface area contributed by atoms with Gasteiger partial charge in [0.25, 0.3) is 0 Å². The lowest BCUT2D eigenvalue weighted by molar-refractivity contribution is 0.405. The number of anilines is 1. The van der Waals surface area contributed by atoms with Gasteiger partial charge in [-0.15, -0.1) is 0 Å². The van der Waals surface area contributed by atoms with Crippen molar-refractivity contribution in [3.63, 3.8) is 0 Å². The molecule has 0 radical (unpaired) electrons. The molecule has 0 saturated carbocycles. The van der Waals surface area contributed by atoms with Crippen molar-refractivity contribution in [2.24, 2.45) is 4.99 Å². The standard InChI is InChI=1S/C18H26N4O/c1-11(2)21-13-5-6-16-14(9-13)17(15-10-19-7-8-20-15)18(23)22(16)12(3)4/h5-6,9,11-12,19,21,23H,7-8,10H2,1-4H3. The van der Waals surface area contributed by atoms with Crippen LogP contribution in [0.2, 0.25) is 0 Å². The van der Waals surface area contributed by atoms with Crippen molar-refractivity contribution in [2.75, 3.05) is 25.0 Å². The number of benzene rings is 1. The molecule has 0 atom stereocenters. The van der Waals surface area contributed by atoms with Crippen LogP contribution in [-0.2, 0) is 0 Å². The van der Waals surface area contributed by atoms with Crippen LogP contribution in [0, 0.1) is 0 Å². The van der Waals surface area contributed by atoms with Gasteiger partial charge in [-0.05, 0) is 45.9 Å². The number of fused-ring (bicyclic) bond motifs is 1. The molecular formula is C18H26N4O. The molecule has 0 saturated heterocycles. The van der Waals surface area contributed by atoms with Crippen molar-refractivity contribution in [1.82, 2.24) is 9.88 Å². The molecule has 2 aromatic rings. The summed E-state index contributed by atoms with van der Waals surface area (Å²) in [5.74, 6) is 0.319.